The zero-order chi connectivity index (χ0) is 13.2. The molecule has 1 aromatic carbocycles. The second-order valence-corrected chi connectivity index (χ2v) is 5.35. The van der Waals surface area contributed by atoms with Crippen molar-refractivity contribution in [1.29, 1.82) is 5.26 Å². The Kier molecular flexibility index (Phi) is 7.31. The summed E-state index contributed by atoms with van der Waals surface area (Å²) in [5.74, 6) is 3.04. The second kappa shape index (κ2) is 8.84. The number of hydrogen-bond acceptors (Lipinski definition) is 4. The molecule has 1 rings (SSSR count). The van der Waals surface area contributed by atoms with Crippen LogP contribution in [0.1, 0.15) is 19.4 Å². The Bertz CT molecular complexity index is 390. The van der Waals surface area contributed by atoms with Crippen molar-refractivity contribution in [3.05, 3.63) is 29.8 Å². The fourth-order valence-electron chi connectivity index (χ4n) is 1.51. The van der Waals surface area contributed by atoms with Crippen LogP contribution in [0.2, 0.25) is 0 Å². The van der Waals surface area contributed by atoms with Gasteiger partial charge in [-0.25, -0.2) is 0 Å². The SMILES string of the molecule is CCSCC(C)NCc1cccc(OCC#N)c1. The molecular weight excluding hydrogens is 244 g/mol. The fourth-order valence-corrected chi connectivity index (χ4v) is 2.21. The topological polar surface area (TPSA) is 45.0 Å². The van der Waals surface area contributed by atoms with Crippen LogP contribution in [-0.4, -0.2) is 24.2 Å². The van der Waals surface area contributed by atoms with Crippen LogP contribution in [0.3, 0.4) is 0 Å². The van der Waals surface area contributed by atoms with E-state index < -0.39 is 0 Å². The summed E-state index contributed by atoms with van der Waals surface area (Å²) in [6.45, 7) is 5.29. The Morgan fingerprint density at radius 3 is 3.06 bits per heavy atom. The summed E-state index contributed by atoms with van der Waals surface area (Å²) < 4.78 is 5.27. The third kappa shape index (κ3) is 5.95. The number of nitriles is 1. The molecule has 0 radical (unpaired) electrons. The van der Waals surface area contributed by atoms with Crippen molar-refractivity contribution in [2.75, 3.05) is 18.1 Å². The van der Waals surface area contributed by atoms with E-state index >= 15 is 0 Å². The van der Waals surface area contributed by atoms with Crippen molar-refractivity contribution in [3.63, 3.8) is 0 Å². The van der Waals surface area contributed by atoms with Crippen molar-refractivity contribution < 1.29 is 4.74 Å². The molecule has 1 N–H and O–H groups in total. The Hall–Kier alpha value is -1.18. The molecule has 3 nitrogen and oxygen atoms in total. The van der Waals surface area contributed by atoms with E-state index in [1.807, 2.05) is 36.0 Å². The molecule has 0 aliphatic rings. The van der Waals surface area contributed by atoms with Gasteiger partial charge in [-0.1, -0.05) is 19.1 Å². The lowest BCUT2D eigenvalue weighted by Gasteiger charge is -2.13. The lowest BCUT2D eigenvalue weighted by Crippen LogP contribution is -2.27. The van der Waals surface area contributed by atoms with E-state index in [9.17, 15) is 0 Å². The highest BCUT2D eigenvalue weighted by Gasteiger charge is 2.02. The van der Waals surface area contributed by atoms with Crippen LogP contribution >= 0.6 is 11.8 Å². The first-order valence-corrected chi connectivity index (χ1v) is 7.31. The van der Waals surface area contributed by atoms with Crippen LogP contribution < -0.4 is 10.1 Å². The maximum absolute atomic E-state index is 8.47. The summed E-state index contributed by atoms with van der Waals surface area (Å²) in [6.07, 6.45) is 0. The molecule has 0 saturated heterocycles. The van der Waals surface area contributed by atoms with Crippen molar-refractivity contribution in [2.45, 2.75) is 26.4 Å². The zero-order valence-electron chi connectivity index (χ0n) is 11.0. The van der Waals surface area contributed by atoms with Crippen LogP contribution in [0.5, 0.6) is 5.75 Å². The van der Waals surface area contributed by atoms with Crippen molar-refractivity contribution in [2.24, 2.45) is 0 Å². The number of nitrogens with zero attached hydrogens (tertiary/aromatic N) is 1. The monoisotopic (exact) mass is 264 g/mol. The van der Waals surface area contributed by atoms with Gasteiger partial charge in [0.2, 0.25) is 0 Å². The molecule has 1 aromatic rings. The van der Waals surface area contributed by atoms with Crippen molar-refractivity contribution in [3.8, 4) is 11.8 Å². The molecule has 0 amide bonds. The molecule has 1 unspecified atom stereocenters. The fraction of sp³-hybridized carbons (Fsp3) is 0.500. The Balaban J connectivity index is 2.40. The maximum atomic E-state index is 8.47. The first-order chi connectivity index (χ1) is 8.76. The summed E-state index contributed by atoms with van der Waals surface area (Å²) in [7, 11) is 0. The minimum Gasteiger partial charge on any atom is -0.479 e. The van der Waals surface area contributed by atoms with Gasteiger partial charge < -0.3 is 10.1 Å². The van der Waals surface area contributed by atoms with Gasteiger partial charge in [0.05, 0.1) is 0 Å². The van der Waals surface area contributed by atoms with Gasteiger partial charge in [-0.05, 0) is 30.4 Å². The Morgan fingerprint density at radius 1 is 1.50 bits per heavy atom. The molecular formula is C14H20N2OS. The number of thioether (sulfide) groups is 1. The lowest BCUT2D eigenvalue weighted by molar-refractivity contribution is 0.367. The number of ether oxygens (including phenoxy) is 1. The molecule has 4 heteroatoms. The van der Waals surface area contributed by atoms with E-state index in [4.69, 9.17) is 10.00 Å². The summed E-state index contributed by atoms with van der Waals surface area (Å²) in [4.78, 5) is 0. The van der Waals surface area contributed by atoms with E-state index in [0.717, 1.165) is 23.8 Å². The zero-order valence-corrected chi connectivity index (χ0v) is 11.8. The number of benzene rings is 1. The minimum absolute atomic E-state index is 0.0976. The minimum atomic E-state index is 0.0976. The van der Waals surface area contributed by atoms with Crippen molar-refractivity contribution >= 4 is 11.8 Å². The molecule has 0 fully saturated rings. The number of hydrogen-bond donors (Lipinski definition) is 1. The van der Waals surface area contributed by atoms with E-state index in [2.05, 4.69) is 25.2 Å². The maximum Gasteiger partial charge on any atom is 0.174 e. The Morgan fingerprint density at radius 2 is 2.33 bits per heavy atom. The third-order valence-corrected chi connectivity index (χ3v) is 3.57. The van der Waals surface area contributed by atoms with Crippen LogP contribution in [0, 0.1) is 11.3 Å². The van der Waals surface area contributed by atoms with Gasteiger partial charge in [0.1, 0.15) is 11.8 Å². The molecule has 1 atom stereocenters. The van der Waals surface area contributed by atoms with Gasteiger partial charge in [-0.2, -0.15) is 17.0 Å². The molecule has 0 aromatic heterocycles. The smallest absolute Gasteiger partial charge is 0.174 e. The molecule has 18 heavy (non-hydrogen) atoms. The third-order valence-electron chi connectivity index (χ3n) is 2.43. The predicted molar refractivity (Wildman–Crippen MR) is 76.9 cm³/mol. The lowest BCUT2D eigenvalue weighted by atomic mass is 10.2. The highest BCUT2D eigenvalue weighted by Crippen LogP contribution is 2.13. The summed E-state index contributed by atoms with van der Waals surface area (Å²) in [5.41, 5.74) is 1.18. The van der Waals surface area contributed by atoms with Gasteiger partial charge in [-0.15, -0.1) is 0 Å². The van der Waals surface area contributed by atoms with Gasteiger partial charge in [-0.3, -0.25) is 0 Å². The van der Waals surface area contributed by atoms with E-state index in [1.165, 1.54) is 5.56 Å². The normalized spacial score (nSPS) is 11.8. The van der Waals surface area contributed by atoms with Crippen LogP contribution in [-0.2, 0) is 6.54 Å². The average molecular weight is 264 g/mol. The molecule has 0 spiro atoms. The van der Waals surface area contributed by atoms with Crippen molar-refractivity contribution in [1.82, 2.24) is 5.32 Å². The van der Waals surface area contributed by atoms with E-state index in [1.54, 1.807) is 0 Å². The largest absolute Gasteiger partial charge is 0.479 e. The highest BCUT2D eigenvalue weighted by molar-refractivity contribution is 7.99. The predicted octanol–water partition coefficient (Wildman–Crippen LogP) is 2.82. The first kappa shape index (κ1) is 14.9. The Labute approximate surface area is 114 Å². The molecule has 0 bridgehead atoms. The van der Waals surface area contributed by atoms with E-state index in [0.29, 0.717) is 6.04 Å². The second-order valence-electron chi connectivity index (χ2n) is 4.04. The molecule has 0 heterocycles. The number of nitrogens with one attached hydrogen (secondary N) is 1. The number of rotatable bonds is 8. The standard InChI is InChI=1S/C14H20N2OS/c1-3-18-11-12(2)16-10-13-5-4-6-14(9-13)17-8-7-15/h4-6,9,12,16H,3,8,10-11H2,1-2H3. The van der Waals surface area contributed by atoms with Crippen LogP contribution in [0.4, 0.5) is 0 Å². The quantitative estimate of drug-likeness (QED) is 0.784. The molecule has 0 saturated carbocycles. The summed E-state index contributed by atoms with van der Waals surface area (Å²) in [5, 5.41) is 11.9. The summed E-state index contributed by atoms with van der Waals surface area (Å²) in [6, 6.07) is 10.3. The molecule has 0 aliphatic heterocycles. The summed E-state index contributed by atoms with van der Waals surface area (Å²) >= 11 is 1.94. The van der Waals surface area contributed by atoms with Gasteiger partial charge >= 0.3 is 0 Å². The van der Waals surface area contributed by atoms with Gasteiger partial charge in [0, 0.05) is 18.3 Å². The van der Waals surface area contributed by atoms with Gasteiger partial charge in [0.15, 0.2) is 6.61 Å². The average Bonchev–Trinajstić information content (AvgIpc) is 2.41. The van der Waals surface area contributed by atoms with Gasteiger partial charge in [0.25, 0.3) is 0 Å². The first-order valence-electron chi connectivity index (χ1n) is 6.16. The highest BCUT2D eigenvalue weighted by atomic mass is 32.2. The van der Waals surface area contributed by atoms with E-state index in [-0.39, 0.29) is 6.61 Å². The van der Waals surface area contributed by atoms with Crippen LogP contribution in [0.25, 0.3) is 0 Å². The van der Waals surface area contributed by atoms with Crippen LogP contribution in [0.15, 0.2) is 24.3 Å². The molecule has 0 aliphatic carbocycles. The molecule has 98 valence electrons.